The number of benzene rings is 1. The molecule has 0 amide bonds. The van der Waals surface area contributed by atoms with Gasteiger partial charge in [-0.05, 0) is 49.6 Å². The number of thiophene rings is 1. The van der Waals surface area contributed by atoms with Crippen molar-refractivity contribution in [3.63, 3.8) is 0 Å². The van der Waals surface area contributed by atoms with Gasteiger partial charge in [-0.15, -0.1) is 11.3 Å². The lowest BCUT2D eigenvalue weighted by Gasteiger charge is -2.15. The number of methoxy groups -OCH3 is 1. The van der Waals surface area contributed by atoms with E-state index in [9.17, 15) is 14.7 Å². The van der Waals surface area contributed by atoms with Gasteiger partial charge in [0.15, 0.2) is 0 Å². The molecule has 2 atom stereocenters. The van der Waals surface area contributed by atoms with Gasteiger partial charge in [0.25, 0.3) is 0 Å². The summed E-state index contributed by atoms with van der Waals surface area (Å²) in [5.41, 5.74) is 0.968. The minimum atomic E-state index is -0.234. The number of ether oxygens (including phenoxy) is 2. The van der Waals surface area contributed by atoms with Gasteiger partial charge in [-0.25, -0.2) is 4.79 Å². The summed E-state index contributed by atoms with van der Waals surface area (Å²) in [6.45, 7) is 6.55. The molecule has 0 radical (unpaired) electrons. The third kappa shape index (κ3) is 6.89. The van der Waals surface area contributed by atoms with Gasteiger partial charge in [-0.3, -0.25) is 4.79 Å². The Morgan fingerprint density at radius 3 is 2.62 bits per heavy atom. The molecule has 29 heavy (non-hydrogen) atoms. The fraction of sp³-hybridized carbons (Fsp3) is 0.478. The van der Waals surface area contributed by atoms with Gasteiger partial charge in [-0.2, -0.15) is 0 Å². The zero-order valence-electron chi connectivity index (χ0n) is 17.6. The van der Waals surface area contributed by atoms with Gasteiger partial charge < -0.3 is 14.6 Å². The SMILES string of the molecule is CCCc1ccc(C(=O)OC)s1.Cc1cc(O)cc(OCC2CCC(=O)C2C)c1. The summed E-state index contributed by atoms with van der Waals surface area (Å²) in [6, 6.07) is 8.99. The number of ketones is 1. The highest BCUT2D eigenvalue weighted by Gasteiger charge is 2.31. The number of Topliss-reactive ketones (excluding diaryl/α,β-unsaturated/α-hetero) is 1. The first-order valence-electron chi connectivity index (χ1n) is 9.97. The second-order valence-electron chi connectivity index (χ2n) is 7.38. The van der Waals surface area contributed by atoms with Crippen LogP contribution in [-0.4, -0.2) is 30.6 Å². The Morgan fingerprint density at radius 2 is 2.03 bits per heavy atom. The summed E-state index contributed by atoms with van der Waals surface area (Å²) >= 11 is 1.52. The van der Waals surface area contributed by atoms with Crippen molar-refractivity contribution in [1.29, 1.82) is 0 Å². The maximum Gasteiger partial charge on any atom is 0.348 e. The summed E-state index contributed by atoms with van der Waals surface area (Å²) in [5.74, 6) is 1.41. The van der Waals surface area contributed by atoms with E-state index in [1.165, 1.54) is 23.3 Å². The summed E-state index contributed by atoms with van der Waals surface area (Å²) in [4.78, 5) is 24.4. The molecule has 1 fully saturated rings. The number of phenolic OH excluding ortho intramolecular Hbond substituents is 1. The van der Waals surface area contributed by atoms with E-state index < -0.39 is 0 Å². The van der Waals surface area contributed by atoms with E-state index in [0.29, 0.717) is 35.4 Å². The highest BCUT2D eigenvalue weighted by molar-refractivity contribution is 7.13. The molecule has 1 aliphatic rings. The summed E-state index contributed by atoms with van der Waals surface area (Å²) in [5, 5.41) is 9.45. The molecule has 2 aromatic rings. The summed E-state index contributed by atoms with van der Waals surface area (Å²) in [6.07, 6.45) is 3.74. The molecule has 0 saturated heterocycles. The minimum absolute atomic E-state index is 0.105. The quantitative estimate of drug-likeness (QED) is 0.654. The Balaban J connectivity index is 0.000000221. The van der Waals surface area contributed by atoms with Crippen LogP contribution >= 0.6 is 11.3 Å². The monoisotopic (exact) mass is 418 g/mol. The highest BCUT2D eigenvalue weighted by atomic mass is 32.1. The average Bonchev–Trinajstić information content (AvgIpc) is 3.27. The van der Waals surface area contributed by atoms with Crippen LogP contribution in [0.15, 0.2) is 30.3 Å². The molecule has 0 bridgehead atoms. The molecular formula is C23H30O5S. The Morgan fingerprint density at radius 1 is 1.28 bits per heavy atom. The number of hydrogen-bond acceptors (Lipinski definition) is 6. The fourth-order valence-corrected chi connectivity index (χ4v) is 4.31. The van der Waals surface area contributed by atoms with Gasteiger partial charge in [0, 0.05) is 29.2 Å². The van der Waals surface area contributed by atoms with Crippen LogP contribution in [0, 0.1) is 18.8 Å². The van der Waals surface area contributed by atoms with Gasteiger partial charge in [0.1, 0.15) is 22.2 Å². The number of rotatable bonds is 6. The maximum absolute atomic E-state index is 11.4. The first-order valence-corrected chi connectivity index (χ1v) is 10.8. The third-order valence-electron chi connectivity index (χ3n) is 5.02. The molecule has 1 saturated carbocycles. The van der Waals surface area contributed by atoms with Crippen molar-refractivity contribution in [3.8, 4) is 11.5 Å². The molecule has 1 aromatic heterocycles. The van der Waals surface area contributed by atoms with Crippen LogP contribution in [0.5, 0.6) is 11.5 Å². The van der Waals surface area contributed by atoms with Crippen LogP contribution in [0.3, 0.4) is 0 Å². The van der Waals surface area contributed by atoms with Crippen molar-refractivity contribution >= 4 is 23.1 Å². The number of carbonyl (C=O) groups is 2. The largest absolute Gasteiger partial charge is 0.508 e. The highest BCUT2D eigenvalue weighted by Crippen LogP contribution is 2.29. The Hall–Kier alpha value is -2.34. The van der Waals surface area contributed by atoms with E-state index in [1.807, 2.05) is 32.0 Å². The standard InChI is InChI=1S/C14H18O3.C9H12O2S/c1-9-5-12(15)7-13(6-9)17-8-11-3-4-14(16)10(11)2;1-3-4-7-5-6-8(12-7)9(10)11-2/h5-7,10-11,15H,3-4,8H2,1-2H3;5-6H,3-4H2,1-2H3. The van der Waals surface area contributed by atoms with Crippen LogP contribution in [0.1, 0.15) is 53.2 Å². The lowest BCUT2D eigenvalue weighted by atomic mass is 9.99. The molecule has 1 heterocycles. The zero-order chi connectivity index (χ0) is 21.4. The van der Waals surface area contributed by atoms with Crippen LogP contribution in [0.4, 0.5) is 0 Å². The van der Waals surface area contributed by atoms with Crippen molar-refractivity contribution in [3.05, 3.63) is 45.6 Å². The molecular weight excluding hydrogens is 388 g/mol. The summed E-state index contributed by atoms with van der Waals surface area (Å²) < 4.78 is 10.3. The van der Waals surface area contributed by atoms with Gasteiger partial charge in [-0.1, -0.05) is 20.3 Å². The maximum atomic E-state index is 11.4. The number of aryl methyl sites for hydroxylation is 2. The average molecular weight is 419 g/mol. The molecule has 1 aliphatic carbocycles. The molecule has 0 spiro atoms. The molecule has 1 N–H and O–H groups in total. The fourth-order valence-electron chi connectivity index (χ4n) is 3.28. The first-order chi connectivity index (χ1) is 13.8. The lowest BCUT2D eigenvalue weighted by Crippen LogP contribution is -2.17. The normalized spacial score (nSPS) is 18.1. The van der Waals surface area contributed by atoms with Gasteiger partial charge in [0.2, 0.25) is 0 Å². The van der Waals surface area contributed by atoms with Crippen molar-refractivity contribution in [2.75, 3.05) is 13.7 Å². The molecule has 2 unspecified atom stereocenters. The number of phenols is 1. The molecule has 158 valence electrons. The van der Waals surface area contributed by atoms with Crippen molar-refractivity contribution < 1.29 is 24.2 Å². The van der Waals surface area contributed by atoms with Gasteiger partial charge >= 0.3 is 5.97 Å². The van der Waals surface area contributed by atoms with E-state index in [4.69, 9.17) is 4.74 Å². The van der Waals surface area contributed by atoms with Crippen molar-refractivity contribution in [2.24, 2.45) is 11.8 Å². The van der Waals surface area contributed by atoms with E-state index >= 15 is 0 Å². The predicted molar refractivity (Wildman–Crippen MR) is 115 cm³/mol. The zero-order valence-corrected chi connectivity index (χ0v) is 18.4. The Kier molecular flexibility index (Phi) is 8.70. The van der Waals surface area contributed by atoms with E-state index in [2.05, 4.69) is 11.7 Å². The number of hydrogen-bond donors (Lipinski definition) is 1. The lowest BCUT2D eigenvalue weighted by molar-refractivity contribution is -0.120. The molecule has 3 rings (SSSR count). The Labute approximate surface area is 176 Å². The number of carbonyl (C=O) groups excluding carboxylic acids is 2. The number of esters is 1. The van der Waals surface area contributed by atoms with Gasteiger partial charge in [0.05, 0.1) is 13.7 Å². The smallest absolute Gasteiger partial charge is 0.348 e. The molecule has 5 nitrogen and oxygen atoms in total. The van der Waals surface area contributed by atoms with E-state index in [1.54, 1.807) is 12.1 Å². The first kappa shape index (κ1) is 22.9. The van der Waals surface area contributed by atoms with Crippen molar-refractivity contribution in [1.82, 2.24) is 0 Å². The molecule has 6 heteroatoms. The predicted octanol–water partition coefficient (Wildman–Crippen LogP) is 5.18. The van der Waals surface area contributed by atoms with Crippen molar-refractivity contribution in [2.45, 2.75) is 46.5 Å². The second-order valence-corrected chi connectivity index (χ2v) is 8.54. The molecule has 1 aromatic carbocycles. The second kappa shape index (κ2) is 11.0. The minimum Gasteiger partial charge on any atom is -0.508 e. The van der Waals surface area contributed by atoms with Crippen LogP contribution < -0.4 is 4.74 Å². The number of aromatic hydroxyl groups is 1. The van der Waals surface area contributed by atoms with E-state index in [0.717, 1.165) is 24.8 Å². The van der Waals surface area contributed by atoms with Crippen LogP contribution in [-0.2, 0) is 16.0 Å². The molecule has 0 aliphatic heterocycles. The van der Waals surface area contributed by atoms with Crippen LogP contribution in [0.2, 0.25) is 0 Å². The van der Waals surface area contributed by atoms with E-state index in [-0.39, 0.29) is 17.6 Å². The summed E-state index contributed by atoms with van der Waals surface area (Å²) in [7, 11) is 1.40. The van der Waals surface area contributed by atoms with Crippen LogP contribution in [0.25, 0.3) is 0 Å². The Bertz CT molecular complexity index is 806. The topological polar surface area (TPSA) is 72.8 Å². The third-order valence-corrected chi connectivity index (χ3v) is 6.15.